The topological polar surface area (TPSA) is 55.2 Å². The Morgan fingerprint density at radius 2 is 2.00 bits per heavy atom. The van der Waals surface area contributed by atoms with E-state index in [1.165, 1.54) is 28.6 Å². The van der Waals surface area contributed by atoms with Gasteiger partial charge in [-0.05, 0) is 56.9 Å². The van der Waals surface area contributed by atoms with Crippen molar-refractivity contribution >= 4 is 39.2 Å². The molecule has 1 aliphatic carbocycles. The second-order valence-corrected chi connectivity index (χ2v) is 10.5. The molecule has 0 atom stereocenters. The van der Waals surface area contributed by atoms with E-state index in [0.29, 0.717) is 23.4 Å². The van der Waals surface area contributed by atoms with Crippen LogP contribution in [0.3, 0.4) is 0 Å². The van der Waals surface area contributed by atoms with E-state index in [4.69, 9.17) is 4.98 Å². The molecular formula is C22H29N3O2S2. The molecule has 0 saturated carbocycles. The van der Waals surface area contributed by atoms with Crippen LogP contribution >= 0.6 is 23.1 Å². The van der Waals surface area contributed by atoms with Gasteiger partial charge in [-0.3, -0.25) is 14.2 Å². The number of amides is 1. The summed E-state index contributed by atoms with van der Waals surface area (Å²) in [6.45, 7) is 10.3. The number of carbonyl (C=O) groups is 1. The van der Waals surface area contributed by atoms with Crippen molar-refractivity contribution in [3.8, 4) is 0 Å². The summed E-state index contributed by atoms with van der Waals surface area (Å²) in [6, 6.07) is 0. The molecule has 5 nitrogen and oxygen atoms in total. The molecule has 4 rings (SSSR count). The Labute approximate surface area is 180 Å². The average Bonchev–Trinajstić information content (AvgIpc) is 3.07. The summed E-state index contributed by atoms with van der Waals surface area (Å²) in [5, 5.41) is 1.44. The summed E-state index contributed by atoms with van der Waals surface area (Å²) < 4.78 is 1.72. The fourth-order valence-corrected chi connectivity index (χ4v) is 6.42. The first kappa shape index (κ1) is 20.7. The molecular weight excluding hydrogens is 402 g/mol. The SMILES string of the molecule is C=C(C)Cn1c(SCC(=O)N2CCC(C)CC2)nc2sc3c(c2c1=O)CCCC3. The number of aromatic nitrogens is 2. The Kier molecular flexibility index (Phi) is 6.16. The number of hydrogen-bond donors (Lipinski definition) is 0. The maximum Gasteiger partial charge on any atom is 0.263 e. The van der Waals surface area contributed by atoms with Crippen molar-refractivity contribution in [3.05, 3.63) is 32.9 Å². The van der Waals surface area contributed by atoms with E-state index in [1.54, 1.807) is 15.9 Å². The van der Waals surface area contributed by atoms with E-state index in [9.17, 15) is 9.59 Å². The monoisotopic (exact) mass is 431 g/mol. The highest BCUT2D eigenvalue weighted by Gasteiger charge is 2.24. The Balaban J connectivity index is 1.63. The average molecular weight is 432 g/mol. The van der Waals surface area contributed by atoms with Crippen LogP contribution in [0.1, 0.15) is 50.0 Å². The van der Waals surface area contributed by atoms with Gasteiger partial charge in [-0.1, -0.05) is 30.8 Å². The summed E-state index contributed by atoms with van der Waals surface area (Å²) in [7, 11) is 0. The molecule has 29 heavy (non-hydrogen) atoms. The van der Waals surface area contributed by atoms with Gasteiger partial charge in [0.2, 0.25) is 5.91 Å². The van der Waals surface area contributed by atoms with E-state index in [-0.39, 0.29) is 11.5 Å². The van der Waals surface area contributed by atoms with Gasteiger partial charge in [0.15, 0.2) is 5.16 Å². The van der Waals surface area contributed by atoms with Crippen LogP contribution in [0.4, 0.5) is 0 Å². The number of fused-ring (bicyclic) bond motifs is 3. The number of nitrogens with zero attached hydrogens (tertiary/aromatic N) is 3. The zero-order valence-electron chi connectivity index (χ0n) is 17.3. The van der Waals surface area contributed by atoms with E-state index >= 15 is 0 Å². The Hall–Kier alpha value is -1.60. The van der Waals surface area contributed by atoms with Crippen molar-refractivity contribution in [2.24, 2.45) is 5.92 Å². The highest BCUT2D eigenvalue weighted by atomic mass is 32.2. The molecule has 1 amide bonds. The summed E-state index contributed by atoms with van der Waals surface area (Å²) >= 11 is 3.06. The number of thiophene rings is 1. The van der Waals surface area contributed by atoms with Gasteiger partial charge in [0.25, 0.3) is 5.56 Å². The zero-order chi connectivity index (χ0) is 20.5. The molecule has 0 spiro atoms. The standard InChI is InChI=1S/C22H29N3O2S2/c1-14(2)12-25-21(27)19-16-6-4-5-7-17(16)29-20(19)23-22(25)28-13-18(26)24-10-8-15(3)9-11-24/h15H,1,4-13H2,2-3H3. The Morgan fingerprint density at radius 1 is 1.28 bits per heavy atom. The van der Waals surface area contributed by atoms with Crippen molar-refractivity contribution in [2.45, 2.75) is 64.1 Å². The lowest BCUT2D eigenvalue weighted by Crippen LogP contribution is -2.39. The quantitative estimate of drug-likeness (QED) is 0.403. The third kappa shape index (κ3) is 4.31. The first-order chi connectivity index (χ1) is 13.9. The van der Waals surface area contributed by atoms with Crippen molar-refractivity contribution < 1.29 is 4.79 Å². The minimum atomic E-state index is 0.0270. The first-order valence-electron chi connectivity index (χ1n) is 10.5. The maximum absolute atomic E-state index is 13.4. The van der Waals surface area contributed by atoms with Gasteiger partial charge >= 0.3 is 0 Å². The van der Waals surface area contributed by atoms with E-state index in [2.05, 4.69) is 13.5 Å². The number of likely N-dealkylation sites (tertiary alicyclic amines) is 1. The molecule has 3 heterocycles. The molecule has 1 fully saturated rings. The third-order valence-corrected chi connectivity index (χ3v) is 8.08. The van der Waals surface area contributed by atoms with Gasteiger partial charge in [-0.25, -0.2) is 4.98 Å². The molecule has 7 heteroatoms. The number of thioether (sulfide) groups is 1. The molecule has 0 unspecified atom stereocenters. The zero-order valence-corrected chi connectivity index (χ0v) is 19.0. The van der Waals surface area contributed by atoms with E-state index in [0.717, 1.165) is 61.0 Å². The highest BCUT2D eigenvalue weighted by Crippen LogP contribution is 2.34. The first-order valence-corrected chi connectivity index (χ1v) is 12.3. The minimum Gasteiger partial charge on any atom is -0.342 e. The smallest absolute Gasteiger partial charge is 0.263 e. The van der Waals surface area contributed by atoms with Crippen LogP contribution in [0.25, 0.3) is 10.2 Å². The minimum absolute atomic E-state index is 0.0270. The lowest BCUT2D eigenvalue weighted by atomic mass is 9.97. The van der Waals surface area contributed by atoms with Crippen LogP contribution in [0.15, 0.2) is 22.1 Å². The normalized spacial score (nSPS) is 17.5. The van der Waals surface area contributed by atoms with Gasteiger partial charge in [-0.2, -0.15) is 0 Å². The molecule has 2 aromatic heterocycles. The van der Waals surface area contributed by atoms with Gasteiger partial charge in [0.05, 0.1) is 11.1 Å². The Bertz CT molecular complexity index is 1000. The third-order valence-electron chi connectivity index (χ3n) is 5.93. The fraction of sp³-hybridized carbons (Fsp3) is 0.591. The predicted molar refractivity (Wildman–Crippen MR) is 121 cm³/mol. The number of allylic oxidation sites excluding steroid dienone is 1. The fourth-order valence-electron chi connectivity index (χ4n) is 4.21. The second kappa shape index (κ2) is 8.64. The van der Waals surface area contributed by atoms with Crippen LogP contribution in [0.2, 0.25) is 0 Å². The van der Waals surface area contributed by atoms with Gasteiger partial charge in [0, 0.05) is 24.5 Å². The number of carbonyl (C=O) groups excluding carboxylic acids is 1. The number of rotatable bonds is 5. The van der Waals surface area contributed by atoms with Crippen LogP contribution in [-0.4, -0.2) is 39.2 Å². The lowest BCUT2D eigenvalue weighted by Gasteiger charge is -2.30. The number of hydrogen-bond acceptors (Lipinski definition) is 5. The Morgan fingerprint density at radius 3 is 2.72 bits per heavy atom. The number of aryl methyl sites for hydroxylation is 2. The molecule has 0 N–H and O–H groups in total. The molecule has 1 aliphatic heterocycles. The van der Waals surface area contributed by atoms with Gasteiger partial charge in [0.1, 0.15) is 4.83 Å². The molecule has 0 aromatic carbocycles. The van der Waals surface area contributed by atoms with E-state index in [1.807, 2.05) is 11.8 Å². The largest absolute Gasteiger partial charge is 0.342 e. The summed E-state index contributed by atoms with van der Waals surface area (Å²) in [5.41, 5.74) is 2.15. The summed E-state index contributed by atoms with van der Waals surface area (Å²) in [5.74, 6) is 1.16. The molecule has 0 bridgehead atoms. The summed E-state index contributed by atoms with van der Waals surface area (Å²) in [4.78, 5) is 35.0. The lowest BCUT2D eigenvalue weighted by molar-refractivity contribution is -0.129. The molecule has 1 saturated heterocycles. The summed E-state index contributed by atoms with van der Waals surface area (Å²) in [6.07, 6.45) is 6.48. The molecule has 156 valence electrons. The maximum atomic E-state index is 13.4. The predicted octanol–water partition coefficient (Wildman–Crippen LogP) is 4.26. The van der Waals surface area contributed by atoms with Crippen LogP contribution < -0.4 is 5.56 Å². The molecule has 2 aliphatic rings. The van der Waals surface area contributed by atoms with Crippen molar-refractivity contribution in [2.75, 3.05) is 18.8 Å². The van der Waals surface area contributed by atoms with Crippen LogP contribution in [-0.2, 0) is 24.2 Å². The van der Waals surface area contributed by atoms with Crippen molar-refractivity contribution in [1.29, 1.82) is 0 Å². The highest BCUT2D eigenvalue weighted by molar-refractivity contribution is 7.99. The van der Waals surface area contributed by atoms with Crippen LogP contribution in [0, 0.1) is 5.92 Å². The molecule has 2 aromatic rings. The second-order valence-electron chi connectivity index (χ2n) is 8.49. The van der Waals surface area contributed by atoms with Crippen molar-refractivity contribution in [3.63, 3.8) is 0 Å². The molecule has 0 radical (unpaired) electrons. The van der Waals surface area contributed by atoms with Gasteiger partial charge in [-0.15, -0.1) is 11.3 Å². The van der Waals surface area contributed by atoms with Gasteiger partial charge < -0.3 is 4.90 Å². The van der Waals surface area contributed by atoms with E-state index < -0.39 is 0 Å². The van der Waals surface area contributed by atoms with Crippen LogP contribution in [0.5, 0.6) is 0 Å². The number of piperidine rings is 1. The van der Waals surface area contributed by atoms with Crippen molar-refractivity contribution in [1.82, 2.24) is 14.5 Å².